The fourth-order valence-corrected chi connectivity index (χ4v) is 4.02. The third-order valence-corrected chi connectivity index (χ3v) is 5.59. The van der Waals surface area contributed by atoms with Crippen molar-refractivity contribution in [2.75, 3.05) is 39.4 Å². The second kappa shape index (κ2) is 5.95. The van der Waals surface area contributed by atoms with Gasteiger partial charge < -0.3 is 14.5 Å². The fraction of sp³-hybridized carbons (Fsp3) is 0.875. The van der Waals surface area contributed by atoms with E-state index in [0.717, 1.165) is 58.3 Å². The van der Waals surface area contributed by atoms with Crippen molar-refractivity contribution < 1.29 is 14.3 Å². The zero-order valence-corrected chi connectivity index (χ0v) is 13.0. The number of carbonyl (C=O) groups is 2. The summed E-state index contributed by atoms with van der Waals surface area (Å²) in [5, 5.41) is 0. The van der Waals surface area contributed by atoms with Crippen molar-refractivity contribution in [2.45, 2.75) is 39.0 Å². The molecule has 0 atom stereocenters. The molecule has 0 aromatic rings. The first-order valence-electron chi connectivity index (χ1n) is 8.32. The van der Waals surface area contributed by atoms with Crippen LogP contribution in [0.4, 0.5) is 0 Å². The van der Waals surface area contributed by atoms with Crippen LogP contribution in [0.3, 0.4) is 0 Å². The first-order valence-corrected chi connectivity index (χ1v) is 8.32. The first-order chi connectivity index (χ1) is 10.2. The predicted molar refractivity (Wildman–Crippen MR) is 78.7 cm³/mol. The predicted octanol–water partition coefficient (Wildman–Crippen LogP) is 1.27. The monoisotopic (exact) mass is 294 g/mol. The molecule has 3 aliphatic heterocycles. The molecule has 5 heteroatoms. The highest BCUT2D eigenvalue weighted by atomic mass is 16.5. The Hall–Kier alpha value is -1.10. The molecule has 3 fully saturated rings. The summed E-state index contributed by atoms with van der Waals surface area (Å²) in [6.07, 6.45) is 4.36. The van der Waals surface area contributed by atoms with Gasteiger partial charge in [-0.25, -0.2) is 0 Å². The number of likely N-dealkylation sites (tertiary alicyclic amines) is 2. The van der Waals surface area contributed by atoms with Gasteiger partial charge in [-0.05, 0) is 39.0 Å². The van der Waals surface area contributed by atoms with Crippen LogP contribution in [0.2, 0.25) is 0 Å². The summed E-state index contributed by atoms with van der Waals surface area (Å²) in [5.74, 6) is 0.744. The molecule has 5 nitrogen and oxygen atoms in total. The average Bonchev–Trinajstić information content (AvgIpc) is 2.85. The molecule has 3 heterocycles. The van der Waals surface area contributed by atoms with Gasteiger partial charge in [-0.2, -0.15) is 0 Å². The van der Waals surface area contributed by atoms with E-state index in [1.165, 1.54) is 0 Å². The topological polar surface area (TPSA) is 49.9 Å². The largest absolute Gasteiger partial charge is 0.381 e. The second-order valence-electron chi connectivity index (χ2n) is 6.63. The van der Waals surface area contributed by atoms with Crippen LogP contribution in [0, 0.1) is 11.3 Å². The highest BCUT2D eigenvalue weighted by molar-refractivity contribution is 5.85. The van der Waals surface area contributed by atoms with Crippen LogP contribution >= 0.6 is 0 Å². The van der Waals surface area contributed by atoms with E-state index in [2.05, 4.69) is 0 Å². The van der Waals surface area contributed by atoms with E-state index in [1.54, 1.807) is 0 Å². The van der Waals surface area contributed by atoms with Gasteiger partial charge in [0, 0.05) is 45.3 Å². The van der Waals surface area contributed by atoms with E-state index < -0.39 is 0 Å². The molecule has 3 aliphatic rings. The first kappa shape index (κ1) is 14.8. The molecule has 0 aliphatic carbocycles. The van der Waals surface area contributed by atoms with Gasteiger partial charge >= 0.3 is 0 Å². The molecule has 0 bridgehead atoms. The number of hydrogen-bond acceptors (Lipinski definition) is 3. The smallest absolute Gasteiger partial charge is 0.228 e. The van der Waals surface area contributed by atoms with E-state index >= 15 is 0 Å². The average molecular weight is 294 g/mol. The quantitative estimate of drug-likeness (QED) is 0.771. The van der Waals surface area contributed by atoms with Gasteiger partial charge in [0.05, 0.1) is 5.41 Å². The third-order valence-electron chi connectivity index (χ3n) is 5.59. The van der Waals surface area contributed by atoms with Gasteiger partial charge in [-0.1, -0.05) is 0 Å². The highest BCUT2D eigenvalue weighted by Gasteiger charge is 2.48. The summed E-state index contributed by atoms with van der Waals surface area (Å²) in [6, 6.07) is 0. The molecular weight excluding hydrogens is 268 g/mol. The normalized spacial score (nSPS) is 26.6. The minimum atomic E-state index is -0.164. The molecule has 0 aromatic carbocycles. The number of hydrogen-bond donors (Lipinski definition) is 0. The molecule has 21 heavy (non-hydrogen) atoms. The van der Waals surface area contributed by atoms with Crippen LogP contribution < -0.4 is 0 Å². The van der Waals surface area contributed by atoms with Gasteiger partial charge in [0.25, 0.3) is 0 Å². The number of carbonyl (C=O) groups excluding carboxylic acids is 2. The van der Waals surface area contributed by atoms with Crippen molar-refractivity contribution in [3.63, 3.8) is 0 Å². The van der Waals surface area contributed by atoms with Crippen LogP contribution in [-0.4, -0.2) is 61.0 Å². The summed E-state index contributed by atoms with van der Waals surface area (Å²) in [6.45, 7) is 6.66. The van der Waals surface area contributed by atoms with Crippen molar-refractivity contribution in [2.24, 2.45) is 11.3 Å². The van der Waals surface area contributed by atoms with Crippen molar-refractivity contribution in [1.82, 2.24) is 9.80 Å². The number of amides is 2. The van der Waals surface area contributed by atoms with Crippen LogP contribution in [-0.2, 0) is 14.3 Å². The Morgan fingerprint density at radius 1 is 1.19 bits per heavy atom. The van der Waals surface area contributed by atoms with E-state index in [1.807, 2.05) is 16.7 Å². The van der Waals surface area contributed by atoms with Crippen LogP contribution in [0.15, 0.2) is 0 Å². The number of nitrogens with zero attached hydrogens (tertiary/aromatic N) is 2. The number of rotatable bonds is 2. The molecule has 118 valence electrons. The zero-order chi connectivity index (χ0) is 14.9. The Labute approximate surface area is 126 Å². The standard InChI is InChI=1S/C16H26N2O3/c1-2-17-8-5-16(15(17)20)6-9-18(10-7-16)14(19)13-3-11-21-12-4-13/h13H,2-12H2,1H3. The highest BCUT2D eigenvalue weighted by Crippen LogP contribution is 2.41. The molecule has 0 aromatic heterocycles. The van der Waals surface area contributed by atoms with Gasteiger partial charge in [0.2, 0.25) is 11.8 Å². The van der Waals surface area contributed by atoms with Crippen LogP contribution in [0.25, 0.3) is 0 Å². The van der Waals surface area contributed by atoms with Crippen molar-refractivity contribution in [3.8, 4) is 0 Å². The van der Waals surface area contributed by atoms with Gasteiger partial charge in [0.1, 0.15) is 0 Å². The molecular formula is C16H26N2O3. The van der Waals surface area contributed by atoms with Crippen molar-refractivity contribution in [3.05, 3.63) is 0 Å². The third kappa shape index (κ3) is 2.68. The summed E-state index contributed by atoms with van der Waals surface area (Å²) >= 11 is 0. The molecule has 0 N–H and O–H groups in total. The van der Waals surface area contributed by atoms with Gasteiger partial charge in [-0.15, -0.1) is 0 Å². The second-order valence-corrected chi connectivity index (χ2v) is 6.63. The lowest BCUT2D eigenvalue weighted by molar-refractivity contribution is -0.146. The Balaban J connectivity index is 1.58. The Morgan fingerprint density at radius 3 is 2.38 bits per heavy atom. The maximum Gasteiger partial charge on any atom is 0.228 e. The molecule has 0 unspecified atom stereocenters. The van der Waals surface area contributed by atoms with Gasteiger partial charge in [0.15, 0.2) is 0 Å². The molecule has 0 saturated carbocycles. The number of ether oxygens (including phenoxy) is 1. The van der Waals surface area contributed by atoms with E-state index in [4.69, 9.17) is 4.74 Å². The number of piperidine rings is 1. The lowest BCUT2D eigenvalue weighted by Gasteiger charge is -2.39. The van der Waals surface area contributed by atoms with Crippen LogP contribution in [0.5, 0.6) is 0 Å². The maximum atomic E-state index is 12.5. The summed E-state index contributed by atoms with van der Waals surface area (Å²) < 4.78 is 5.33. The van der Waals surface area contributed by atoms with E-state index in [0.29, 0.717) is 19.1 Å². The fourth-order valence-electron chi connectivity index (χ4n) is 4.02. The van der Waals surface area contributed by atoms with Crippen LogP contribution in [0.1, 0.15) is 39.0 Å². The zero-order valence-electron chi connectivity index (χ0n) is 13.0. The molecule has 3 rings (SSSR count). The summed E-state index contributed by atoms with van der Waals surface area (Å²) in [7, 11) is 0. The lowest BCUT2D eigenvalue weighted by atomic mass is 9.76. The molecule has 0 radical (unpaired) electrons. The minimum absolute atomic E-state index is 0.138. The summed E-state index contributed by atoms with van der Waals surface area (Å²) in [4.78, 5) is 29.0. The Kier molecular flexibility index (Phi) is 4.20. The molecule has 1 spiro atoms. The van der Waals surface area contributed by atoms with E-state index in [9.17, 15) is 9.59 Å². The summed E-state index contributed by atoms with van der Waals surface area (Å²) in [5.41, 5.74) is -0.164. The maximum absolute atomic E-state index is 12.5. The SMILES string of the molecule is CCN1CCC2(CCN(C(=O)C3CCOCC3)CC2)C1=O. The van der Waals surface area contributed by atoms with Crippen molar-refractivity contribution >= 4 is 11.8 Å². The Bertz CT molecular complexity index is 410. The van der Waals surface area contributed by atoms with Crippen molar-refractivity contribution in [1.29, 1.82) is 0 Å². The van der Waals surface area contributed by atoms with E-state index in [-0.39, 0.29) is 17.2 Å². The molecule has 2 amide bonds. The Morgan fingerprint density at radius 2 is 1.81 bits per heavy atom. The molecule has 3 saturated heterocycles. The van der Waals surface area contributed by atoms with Gasteiger partial charge in [-0.3, -0.25) is 9.59 Å². The minimum Gasteiger partial charge on any atom is -0.381 e. The lowest BCUT2D eigenvalue weighted by Crippen LogP contribution is -2.48.